The fraction of sp³-hybridized carbons (Fsp3) is 0.167. The molecule has 1 fully saturated rings. The number of nitrogens with zero attached hydrogens (tertiary/aromatic N) is 1. The van der Waals surface area contributed by atoms with Crippen molar-refractivity contribution in [1.29, 1.82) is 0 Å². The molecule has 1 aliphatic rings. The van der Waals surface area contributed by atoms with Gasteiger partial charge in [-0.25, -0.2) is 5.43 Å². The monoisotopic (exact) mass is 386 g/mol. The number of benzene rings is 3. The van der Waals surface area contributed by atoms with Gasteiger partial charge in [0.2, 0.25) is 5.91 Å². The summed E-state index contributed by atoms with van der Waals surface area (Å²) in [6.07, 6.45) is 2.11. The van der Waals surface area contributed by atoms with Gasteiger partial charge in [-0.15, -0.1) is 0 Å². The van der Waals surface area contributed by atoms with E-state index in [2.05, 4.69) is 34.8 Å². The first-order chi connectivity index (χ1) is 14.0. The lowest BCUT2D eigenvalue weighted by molar-refractivity contribution is -0.122. The second-order valence-corrected chi connectivity index (χ2v) is 7.39. The molecule has 0 bridgehead atoms. The number of phenolic OH excluding ortho intramolecular Hbond substituents is 2. The lowest BCUT2D eigenvalue weighted by Crippen LogP contribution is -2.25. The highest BCUT2D eigenvalue weighted by atomic mass is 16.3. The summed E-state index contributed by atoms with van der Waals surface area (Å²) >= 11 is 0. The van der Waals surface area contributed by atoms with E-state index in [0.29, 0.717) is 17.5 Å². The molecule has 3 aromatic rings. The van der Waals surface area contributed by atoms with Crippen molar-refractivity contribution in [1.82, 2.24) is 5.43 Å². The molecule has 0 saturated heterocycles. The minimum Gasteiger partial charge on any atom is -0.508 e. The van der Waals surface area contributed by atoms with E-state index in [0.717, 1.165) is 11.1 Å². The van der Waals surface area contributed by atoms with Crippen LogP contribution in [0.2, 0.25) is 0 Å². The first-order valence-electron chi connectivity index (χ1n) is 9.49. The Hall–Kier alpha value is -3.60. The highest BCUT2D eigenvalue weighted by Gasteiger charge is 2.60. The molecule has 0 spiro atoms. The third-order valence-electron chi connectivity index (χ3n) is 5.57. The van der Waals surface area contributed by atoms with Crippen molar-refractivity contribution in [2.45, 2.75) is 18.8 Å². The second kappa shape index (κ2) is 7.43. The van der Waals surface area contributed by atoms with E-state index in [1.54, 1.807) is 6.92 Å². The van der Waals surface area contributed by atoms with Gasteiger partial charge < -0.3 is 10.2 Å². The van der Waals surface area contributed by atoms with Crippen molar-refractivity contribution in [3.8, 4) is 11.5 Å². The van der Waals surface area contributed by atoms with Gasteiger partial charge in [0, 0.05) is 17.0 Å². The predicted molar refractivity (Wildman–Crippen MR) is 112 cm³/mol. The van der Waals surface area contributed by atoms with Crippen LogP contribution >= 0.6 is 0 Å². The van der Waals surface area contributed by atoms with E-state index >= 15 is 0 Å². The Balaban J connectivity index is 1.55. The molecule has 1 saturated carbocycles. The Morgan fingerprint density at radius 2 is 1.62 bits per heavy atom. The molecule has 3 aromatic carbocycles. The van der Waals surface area contributed by atoms with Crippen LogP contribution in [0.4, 0.5) is 0 Å². The second-order valence-electron chi connectivity index (χ2n) is 7.39. The molecule has 1 amide bonds. The fourth-order valence-corrected chi connectivity index (χ4v) is 4.02. The lowest BCUT2D eigenvalue weighted by Gasteiger charge is -2.18. The van der Waals surface area contributed by atoms with Crippen molar-refractivity contribution in [2.75, 3.05) is 0 Å². The van der Waals surface area contributed by atoms with Gasteiger partial charge in [0.05, 0.1) is 12.1 Å². The average molecular weight is 386 g/mol. The smallest absolute Gasteiger partial charge is 0.244 e. The van der Waals surface area contributed by atoms with Crippen LogP contribution in [-0.2, 0) is 10.2 Å². The van der Waals surface area contributed by atoms with Crippen LogP contribution in [0.15, 0.2) is 77.9 Å². The number of aromatic hydroxyl groups is 2. The summed E-state index contributed by atoms with van der Waals surface area (Å²) in [6, 6.07) is 22.9. The topological polar surface area (TPSA) is 81.9 Å². The Kier molecular flexibility index (Phi) is 4.80. The molecule has 5 heteroatoms. The molecule has 146 valence electrons. The number of amides is 1. The molecule has 0 heterocycles. The molecule has 5 nitrogen and oxygen atoms in total. The van der Waals surface area contributed by atoms with Crippen LogP contribution in [0.1, 0.15) is 28.7 Å². The molecule has 1 aliphatic carbocycles. The summed E-state index contributed by atoms with van der Waals surface area (Å²) in [4.78, 5) is 12.9. The Bertz CT molecular complexity index is 999. The van der Waals surface area contributed by atoms with E-state index < -0.39 is 0 Å². The maximum absolute atomic E-state index is 12.9. The van der Waals surface area contributed by atoms with Crippen LogP contribution in [0.5, 0.6) is 11.5 Å². The summed E-state index contributed by atoms with van der Waals surface area (Å²) in [7, 11) is 0. The number of carbonyl (C=O) groups is 1. The Labute approximate surface area is 169 Å². The predicted octanol–water partition coefficient (Wildman–Crippen LogP) is 3.86. The summed E-state index contributed by atoms with van der Waals surface area (Å²) < 4.78 is 0. The minimum atomic E-state index is -0.348. The van der Waals surface area contributed by atoms with E-state index in [4.69, 9.17) is 0 Å². The zero-order valence-electron chi connectivity index (χ0n) is 16.0. The number of hydrogen-bond donors (Lipinski definition) is 3. The highest BCUT2D eigenvalue weighted by molar-refractivity contribution is 5.89. The quantitative estimate of drug-likeness (QED) is 0.460. The SMILES string of the molecule is Cc1cc(O)cc(O)c1/C=N/NC(=O)[C@H]1CC1(c1ccccc1)c1ccccc1. The molecule has 0 aromatic heterocycles. The first-order valence-corrected chi connectivity index (χ1v) is 9.49. The Morgan fingerprint density at radius 3 is 2.17 bits per heavy atom. The number of phenols is 2. The van der Waals surface area contributed by atoms with Crippen LogP contribution in [0, 0.1) is 12.8 Å². The Morgan fingerprint density at radius 1 is 1.03 bits per heavy atom. The van der Waals surface area contributed by atoms with Crippen molar-refractivity contribution in [3.63, 3.8) is 0 Å². The number of nitrogens with one attached hydrogen (secondary N) is 1. The largest absolute Gasteiger partial charge is 0.508 e. The molecule has 4 rings (SSSR count). The maximum Gasteiger partial charge on any atom is 0.244 e. The number of hydrogen-bond acceptors (Lipinski definition) is 4. The summed E-state index contributed by atoms with van der Waals surface area (Å²) in [5, 5.41) is 23.5. The number of hydrazone groups is 1. The third-order valence-corrected chi connectivity index (χ3v) is 5.57. The van der Waals surface area contributed by atoms with Gasteiger partial charge in [0.1, 0.15) is 11.5 Å². The summed E-state index contributed by atoms with van der Waals surface area (Å²) in [5.74, 6) is -0.492. The minimum absolute atomic E-state index is 0.0188. The molecular formula is C24H22N2O3. The van der Waals surface area contributed by atoms with Gasteiger partial charge in [-0.3, -0.25) is 4.79 Å². The molecule has 3 N–H and O–H groups in total. The zero-order chi connectivity index (χ0) is 20.4. The van der Waals surface area contributed by atoms with Crippen molar-refractivity contribution >= 4 is 12.1 Å². The third kappa shape index (κ3) is 3.47. The van der Waals surface area contributed by atoms with Crippen LogP contribution in [0.25, 0.3) is 0 Å². The number of rotatable bonds is 5. The van der Waals surface area contributed by atoms with Crippen LogP contribution in [-0.4, -0.2) is 22.3 Å². The van der Waals surface area contributed by atoms with Crippen molar-refractivity contribution < 1.29 is 15.0 Å². The first kappa shape index (κ1) is 18.7. The standard InChI is InChI=1S/C24H22N2O3/c1-16-12-19(27)13-22(28)20(16)15-25-26-23(29)21-14-24(21,17-8-4-2-5-9-17)18-10-6-3-7-11-18/h2-13,15,21,27-28H,14H2,1H3,(H,26,29)/b25-15+/t21-/m1/s1. The lowest BCUT2D eigenvalue weighted by atomic mass is 9.85. The van der Waals surface area contributed by atoms with Gasteiger partial charge in [-0.2, -0.15) is 5.10 Å². The van der Waals surface area contributed by atoms with E-state index in [9.17, 15) is 15.0 Å². The molecule has 1 atom stereocenters. The maximum atomic E-state index is 12.9. The molecule has 0 unspecified atom stereocenters. The van der Waals surface area contributed by atoms with Gasteiger partial charge in [0.25, 0.3) is 0 Å². The van der Waals surface area contributed by atoms with Gasteiger partial charge in [-0.05, 0) is 36.1 Å². The molecule has 0 radical (unpaired) electrons. The van der Waals surface area contributed by atoms with Gasteiger partial charge >= 0.3 is 0 Å². The van der Waals surface area contributed by atoms with E-state index in [-0.39, 0.29) is 28.7 Å². The van der Waals surface area contributed by atoms with Gasteiger partial charge in [-0.1, -0.05) is 60.7 Å². The summed E-state index contributed by atoms with van der Waals surface area (Å²) in [6.45, 7) is 1.75. The normalized spacial score (nSPS) is 17.2. The van der Waals surface area contributed by atoms with Crippen LogP contribution < -0.4 is 5.43 Å². The molecule has 0 aliphatic heterocycles. The molecule has 29 heavy (non-hydrogen) atoms. The number of aryl methyl sites for hydroxylation is 1. The van der Waals surface area contributed by atoms with Gasteiger partial charge in [0.15, 0.2) is 0 Å². The number of carbonyl (C=O) groups excluding carboxylic acids is 1. The van der Waals surface area contributed by atoms with Crippen LogP contribution in [0.3, 0.4) is 0 Å². The summed E-state index contributed by atoms with van der Waals surface area (Å²) in [5.41, 5.74) is 5.61. The van der Waals surface area contributed by atoms with Crippen molar-refractivity contribution in [3.05, 3.63) is 95.1 Å². The zero-order valence-corrected chi connectivity index (χ0v) is 16.0. The van der Waals surface area contributed by atoms with E-state index in [1.165, 1.54) is 18.3 Å². The average Bonchev–Trinajstić information content (AvgIpc) is 3.48. The van der Waals surface area contributed by atoms with E-state index in [1.807, 2.05) is 36.4 Å². The fourth-order valence-electron chi connectivity index (χ4n) is 4.02. The highest BCUT2D eigenvalue weighted by Crippen LogP contribution is 2.58. The molecular weight excluding hydrogens is 364 g/mol. The van der Waals surface area contributed by atoms with Crippen molar-refractivity contribution in [2.24, 2.45) is 11.0 Å².